The van der Waals surface area contributed by atoms with E-state index in [-0.39, 0.29) is 19.3 Å². The number of carbonyl (C=O) groups excluding carboxylic acids is 1. The Hall–Kier alpha value is -3.21. The lowest BCUT2D eigenvalue weighted by atomic mass is 9.64. The highest BCUT2D eigenvalue weighted by Gasteiger charge is 2.47. The molecule has 212 valence electrons. The van der Waals surface area contributed by atoms with E-state index < -0.39 is 23.9 Å². The fourth-order valence-electron chi connectivity index (χ4n) is 6.23. The predicted octanol–water partition coefficient (Wildman–Crippen LogP) is 2.45. The second-order valence-corrected chi connectivity index (χ2v) is 10.3. The maximum atomic E-state index is 13.9. The Bertz CT molecular complexity index is 1160. The van der Waals surface area contributed by atoms with Crippen molar-refractivity contribution in [1.29, 1.82) is 0 Å². The first kappa shape index (κ1) is 27.4. The monoisotopic (exact) mass is 542 g/mol. The van der Waals surface area contributed by atoms with E-state index in [4.69, 9.17) is 23.7 Å². The summed E-state index contributed by atoms with van der Waals surface area (Å²) >= 11 is 0. The molecule has 5 rings (SSSR count). The molecule has 2 aromatic rings. The molecule has 2 aromatic carbocycles. The van der Waals surface area contributed by atoms with Crippen molar-refractivity contribution in [3.05, 3.63) is 41.0 Å². The van der Waals surface area contributed by atoms with Gasteiger partial charge in [0.1, 0.15) is 0 Å². The van der Waals surface area contributed by atoms with E-state index in [1.807, 2.05) is 18.2 Å². The number of ether oxygens (including phenoxy) is 5. The molecule has 0 saturated carbocycles. The predicted molar refractivity (Wildman–Crippen MR) is 143 cm³/mol. The van der Waals surface area contributed by atoms with Gasteiger partial charge in [0.15, 0.2) is 23.0 Å². The molecule has 4 atom stereocenters. The second kappa shape index (κ2) is 11.9. The number of hydrogen-bond acceptors (Lipinski definition) is 9. The third-order valence-corrected chi connectivity index (χ3v) is 8.19. The lowest BCUT2D eigenvalue weighted by Crippen LogP contribution is -2.47. The van der Waals surface area contributed by atoms with Gasteiger partial charge in [0.05, 0.1) is 33.4 Å². The first-order valence-electron chi connectivity index (χ1n) is 13.5. The number of aliphatic hydroxyl groups excluding tert-OH is 2. The molecule has 3 aliphatic rings. The van der Waals surface area contributed by atoms with E-state index in [0.717, 1.165) is 30.8 Å². The summed E-state index contributed by atoms with van der Waals surface area (Å²) in [6, 6.07) is 7.22. The zero-order valence-corrected chi connectivity index (χ0v) is 22.8. The van der Waals surface area contributed by atoms with Crippen LogP contribution in [0.4, 0.5) is 0 Å². The van der Waals surface area contributed by atoms with Gasteiger partial charge in [-0.3, -0.25) is 4.79 Å². The number of rotatable bonds is 9. The molecule has 10 nitrogen and oxygen atoms in total. The number of methoxy groups -OCH3 is 3. The minimum absolute atomic E-state index is 0.0764. The van der Waals surface area contributed by atoms with Crippen molar-refractivity contribution >= 4 is 5.91 Å². The third kappa shape index (κ3) is 5.20. The molecule has 0 spiro atoms. The third-order valence-electron chi connectivity index (χ3n) is 8.19. The van der Waals surface area contributed by atoms with E-state index in [1.54, 1.807) is 20.3 Å². The minimum atomic E-state index is -1.07. The molecule has 1 amide bonds. The average molecular weight is 543 g/mol. The van der Waals surface area contributed by atoms with Crippen molar-refractivity contribution in [2.24, 2.45) is 11.8 Å². The smallest absolute Gasteiger partial charge is 0.231 e. The van der Waals surface area contributed by atoms with E-state index in [9.17, 15) is 15.0 Å². The van der Waals surface area contributed by atoms with Crippen LogP contribution in [0.2, 0.25) is 0 Å². The summed E-state index contributed by atoms with van der Waals surface area (Å²) in [5.74, 6) is 0.106. The van der Waals surface area contributed by atoms with E-state index in [1.165, 1.54) is 26.4 Å². The normalized spacial score (nSPS) is 24.1. The summed E-state index contributed by atoms with van der Waals surface area (Å²) in [5, 5.41) is 25.0. The molecule has 1 saturated heterocycles. The molecular weight excluding hydrogens is 504 g/mol. The number of amides is 1. The van der Waals surface area contributed by atoms with Gasteiger partial charge in [-0.2, -0.15) is 0 Å². The standard InChI is InChI=1S/C29H38N2O8/c1-35-23-11-17(12-24(36-2)28(23)37-3)25-18-13-21-22(39-16-38-21)14-19(18)27(33)20(15-32)26(25)29(34)30-7-10-31-8-5-4-6-9-31/h11-14,20,25-27,32-33H,4-10,15-16H2,1-3H3,(H,30,34)/t20-,25+,26-,27-/m0/s1. The average Bonchev–Trinajstić information content (AvgIpc) is 3.43. The second-order valence-electron chi connectivity index (χ2n) is 10.3. The van der Waals surface area contributed by atoms with Crippen LogP contribution in [0.5, 0.6) is 28.7 Å². The summed E-state index contributed by atoms with van der Waals surface area (Å²) in [5.41, 5.74) is 2.04. The molecule has 0 aromatic heterocycles. The number of nitrogens with one attached hydrogen (secondary N) is 1. The Morgan fingerprint density at radius 2 is 1.62 bits per heavy atom. The van der Waals surface area contributed by atoms with Gasteiger partial charge in [0.25, 0.3) is 0 Å². The molecule has 3 N–H and O–H groups in total. The van der Waals surface area contributed by atoms with Gasteiger partial charge in [-0.15, -0.1) is 0 Å². The van der Waals surface area contributed by atoms with Crippen LogP contribution in [0.3, 0.4) is 0 Å². The number of piperidine rings is 1. The molecule has 0 bridgehead atoms. The fraction of sp³-hybridized carbons (Fsp3) is 0.552. The SMILES string of the molecule is COc1cc([C@@H]2c3cc4c(cc3[C@H](O)[C@@H](CO)[C@@H]2C(=O)NCCN2CCCCC2)OCO4)cc(OC)c1OC. The first-order valence-corrected chi connectivity index (χ1v) is 13.5. The van der Waals surface area contributed by atoms with Gasteiger partial charge in [0, 0.05) is 31.5 Å². The van der Waals surface area contributed by atoms with Crippen molar-refractivity contribution < 1.29 is 38.7 Å². The van der Waals surface area contributed by atoms with Crippen LogP contribution in [0, 0.1) is 11.8 Å². The summed E-state index contributed by atoms with van der Waals surface area (Å²) in [7, 11) is 4.62. The Morgan fingerprint density at radius 3 is 2.21 bits per heavy atom. The van der Waals surface area contributed by atoms with Crippen LogP contribution < -0.4 is 29.0 Å². The molecule has 10 heteroatoms. The van der Waals surface area contributed by atoms with Crippen molar-refractivity contribution in [3.63, 3.8) is 0 Å². The number of carbonyl (C=O) groups is 1. The van der Waals surface area contributed by atoms with Crippen LogP contribution >= 0.6 is 0 Å². The Labute approximate surface area is 228 Å². The molecule has 39 heavy (non-hydrogen) atoms. The number of benzene rings is 2. The van der Waals surface area contributed by atoms with Crippen LogP contribution in [-0.2, 0) is 4.79 Å². The van der Waals surface area contributed by atoms with E-state index >= 15 is 0 Å². The summed E-state index contributed by atoms with van der Waals surface area (Å²) in [6.07, 6.45) is 2.52. The Kier molecular flexibility index (Phi) is 8.34. The maximum Gasteiger partial charge on any atom is 0.231 e. The zero-order valence-electron chi connectivity index (χ0n) is 22.8. The van der Waals surface area contributed by atoms with Crippen LogP contribution in [0.15, 0.2) is 24.3 Å². The summed E-state index contributed by atoms with van der Waals surface area (Å²) in [6.45, 7) is 3.01. The number of likely N-dealkylation sites (tertiary alicyclic amines) is 1. The summed E-state index contributed by atoms with van der Waals surface area (Å²) < 4.78 is 28.0. The van der Waals surface area contributed by atoms with Gasteiger partial charge >= 0.3 is 0 Å². The van der Waals surface area contributed by atoms with Gasteiger partial charge in [-0.1, -0.05) is 6.42 Å². The zero-order chi connectivity index (χ0) is 27.5. The van der Waals surface area contributed by atoms with Gasteiger partial charge in [0.2, 0.25) is 18.4 Å². The fourth-order valence-corrected chi connectivity index (χ4v) is 6.23. The largest absolute Gasteiger partial charge is 0.493 e. The quantitative estimate of drug-likeness (QED) is 0.439. The molecular formula is C29H38N2O8. The number of hydrogen-bond donors (Lipinski definition) is 3. The highest BCUT2D eigenvalue weighted by molar-refractivity contribution is 5.82. The summed E-state index contributed by atoms with van der Waals surface area (Å²) in [4.78, 5) is 16.3. The van der Waals surface area contributed by atoms with Crippen LogP contribution in [0.1, 0.15) is 48.0 Å². The molecule has 2 heterocycles. The molecule has 0 radical (unpaired) electrons. The van der Waals surface area contributed by atoms with Crippen LogP contribution in [0.25, 0.3) is 0 Å². The van der Waals surface area contributed by atoms with Crippen LogP contribution in [-0.4, -0.2) is 81.9 Å². The van der Waals surface area contributed by atoms with Crippen molar-refractivity contribution in [2.75, 3.05) is 60.9 Å². The highest BCUT2D eigenvalue weighted by Crippen LogP contribution is 2.53. The van der Waals surface area contributed by atoms with Gasteiger partial charge in [-0.25, -0.2) is 0 Å². The lowest BCUT2D eigenvalue weighted by molar-refractivity contribution is -0.131. The molecule has 1 aliphatic carbocycles. The van der Waals surface area contributed by atoms with Gasteiger partial charge < -0.3 is 44.1 Å². The highest BCUT2D eigenvalue weighted by atomic mass is 16.7. The minimum Gasteiger partial charge on any atom is -0.493 e. The Balaban J connectivity index is 1.57. The maximum absolute atomic E-state index is 13.9. The van der Waals surface area contributed by atoms with Crippen molar-refractivity contribution in [1.82, 2.24) is 10.2 Å². The number of aliphatic hydroxyl groups is 2. The lowest BCUT2D eigenvalue weighted by Gasteiger charge is -2.41. The number of fused-ring (bicyclic) bond motifs is 2. The van der Waals surface area contributed by atoms with E-state index in [2.05, 4.69) is 10.2 Å². The topological polar surface area (TPSA) is 119 Å². The molecule has 1 fully saturated rings. The molecule has 0 unspecified atom stereocenters. The number of nitrogens with zero attached hydrogens (tertiary/aromatic N) is 1. The van der Waals surface area contributed by atoms with E-state index in [0.29, 0.717) is 40.9 Å². The van der Waals surface area contributed by atoms with Crippen molar-refractivity contribution in [2.45, 2.75) is 31.3 Å². The van der Waals surface area contributed by atoms with Gasteiger partial charge in [-0.05, 0) is 66.9 Å². The molecule has 2 aliphatic heterocycles. The first-order chi connectivity index (χ1) is 19.0. The Morgan fingerprint density at radius 1 is 0.974 bits per heavy atom. The van der Waals surface area contributed by atoms with Crippen molar-refractivity contribution in [3.8, 4) is 28.7 Å².